The Kier molecular flexibility index (Phi) is 8.00. The van der Waals surface area contributed by atoms with Gasteiger partial charge in [-0.25, -0.2) is 0 Å². The normalized spacial score (nSPS) is 15.3. The van der Waals surface area contributed by atoms with E-state index in [4.69, 9.17) is 9.47 Å². The fourth-order valence-corrected chi connectivity index (χ4v) is 6.03. The van der Waals surface area contributed by atoms with Crippen molar-refractivity contribution in [3.05, 3.63) is 93.0 Å². The average molecular weight is 610 g/mol. The van der Waals surface area contributed by atoms with Crippen LogP contribution in [0.3, 0.4) is 0 Å². The Morgan fingerprint density at radius 2 is 1.69 bits per heavy atom. The summed E-state index contributed by atoms with van der Waals surface area (Å²) in [4.78, 5) is 15.5. The molecule has 5 heteroatoms. The first kappa shape index (κ1) is 26.5. The van der Waals surface area contributed by atoms with Crippen molar-refractivity contribution in [3.63, 3.8) is 0 Å². The maximum atomic E-state index is 12.4. The Morgan fingerprint density at radius 1 is 1.00 bits per heavy atom. The molecule has 0 aliphatic heterocycles. The number of carbonyl (C=O) groups excluding carboxylic acids is 1. The third-order valence-corrected chi connectivity index (χ3v) is 8.79. The summed E-state index contributed by atoms with van der Waals surface area (Å²) in [5, 5.41) is 0. The summed E-state index contributed by atoms with van der Waals surface area (Å²) in [5.74, 6) is 0.520. The Hall–Kier alpha value is -2.51. The molecule has 0 unspecified atom stereocenters. The molecule has 1 aliphatic rings. The molecule has 3 aromatic carbocycles. The van der Waals surface area contributed by atoms with E-state index in [0.29, 0.717) is 12.2 Å². The van der Waals surface area contributed by atoms with Crippen LogP contribution in [0.1, 0.15) is 73.1 Å². The molecule has 0 heterocycles. The zero-order valence-electron chi connectivity index (χ0n) is 21.4. The van der Waals surface area contributed by atoms with Crippen LogP contribution in [0, 0.1) is 17.8 Å². The molecule has 36 heavy (non-hydrogen) atoms. The van der Waals surface area contributed by atoms with E-state index < -0.39 is 5.97 Å². The van der Waals surface area contributed by atoms with E-state index in [1.54, 1.807) is 6.07 Å². The number of aryl methyl sites for hydroxylation is 1. The van der Waals surface area contributed by atoms with Gasteiger partial charge < -0.3 is 0 Å². The number of benzene rings is 3. The second-order valence-corrected chi connectivity index (χ2v) is 13.3. The Balaban J connectivity index is 1.60. The first-order valence-corrected chi connectivity index (χ1v) is 14.6. The van der Waals surface area contributed by atoms with E-state index in [9.17, 15) is 4.79 Å². The van der Waals surface area contributed by atoms with E-state index in [0.717, 1.165) is 38.7 Å². The van der Waals surface area contributed by atoms with Crippen molar-refractivity contribution in [3.8, 4) is 16.7 Å². The molecule has 0 N–H and O–H groups in total. The molecule has 3 nitrogen and oxygen atoms in total. The summed E-state index contributed by atoms with van der Waals surface area (Å²) in [6.45, 7) is 11.6. The van der Waals surface area contributed by atoms with Gasteiger partial charge in [-0.05, 0) is 0 Å². The molecule has 1 aliphatic carbocycles. The minimum atomic E-state index is -0.414. The number of carbonyl (C=O) groups is 1. The molecule has 0 atom stereocenters. The topological polar surface area (TPSA) is 35.5 Å². The summed E-state index contributed by atoms with van der Waals surface area (Å²) < 4.78 is 13.9. The maximum absolute atomic E-state index is 12.4. The number of hydrogen-bond donors (Lipinski definition) is 0. The van der Waals surface area contributed by atoms with Gasteiger partial charge in [0.1, 0.15) is 0 Å². The van der Waals surface area contributed by atoms with Crippen LogP contribution >= 0.6 is 15.9 Å². The summed E-state index contributed by atoms with van der Waals surface area (Å²) in [5.41, 5.74) is 5.26. The molecule has 0 amide bonds. The van der Waals surface area contributed by atoms with Crippen LogP contribution in [-0.4, -0.2) is 20.9 Å². The molecule has 0 fully saturated rings. The Bertz CT molecular complexity index is 1330. The molecule has 0 radical (unpaired) electrons. The fourth-order valence-electron chi connectivity index (χ4n) is 4.63. The van der Waals surface area contributed by atoms with Crippen molar-refractivity contribution in [2.75, 3.05) is 0 Å². The van der Waals surface area contributed by atoms with Crippen molar-refractivity contribution in [2.45, 2.75) is 64.9 Å². The number of ether oxygens (including phenoxy) is 2. The number of fused-ring (bicyclic) bond motifs is 1. The number of esters is 1. The number of rotatable bonds is 5. The van der Waals surface area contributed by atoms with E-state index >= 15 is 0 Å². The van der Waals surface area contributed by atoms with Gasteiger partial charge in [0.25, 0.3) is 0 Å². The van der Waals surface area contributed by atoms with Gasteiger partial charge in [0.05, 0.1) is 0 Å². The van der Waals surface area contributed by atoms with Gasteiger partial charge >= 0.3 is 230 Å². The van der Waals surface area contributed by atoms with Crippen LogP contribution in [-0.2, 0) is 22.2 Å². The zero-order valence-corrected chi connectivity index (χ0v) is 24.7. The molecule has 0 saturated carbocycles. The second-order valence-electron chi connectivity index (χ2n) is 10.5. The molecular formula is C31H31BrO3Se. The van der Waals surface area contributed by atoms with Crippen LogP contribution in [0.2, 0.25) is 0 Å². The molecule has 186 valence electrons. The molecule has 0 saturated heterocycles. The molecular weight excluding hydrogens is 579 g/mol. The monoisotopic (exact) mass is 610 g/mol. The van der Waals surface area contributed by atoms with Crippen molar-refractivity contribution < 1.29 is 14.3 Å². The zero-order chi connectivity index (χ0) is 25.9. The van der Waals surface area contributed by atoms with E-state index in [1.807, 2.05) is 37.3 Å². The molecule has 0 bridgehead atoms. The molecule has 4 rings (SSSR count). The second kappa shape index (κ2) is 10.9. The predicted octanol–water partition coefficient (Wildman–Crippen LogP) is 6.79. The van der Waals surface area contributed by atoms with Crippen molar-refractivity contribution in [1.82, 2.24) is 0 Å². The van der Waals surface area contributed by atoms with Gasteiger partial charge in [0, 0.05) is 0 Å². The average Bonchev–Trinajstić information content (AvgIpc) is 2.84. The molecule has 0 aromatic heterocycles. The Morgan fingerprint density at radius 3 is 2.42 bits per heavy atom. The Labute approximate surface area is 229 Å². The van der Waals surface area contributed by atoms with Gasteiger partial charge in [-0.1, -0.05) is 0 Å². The van der Waals surface area contributed by atoms with E-state index in [-0.39, 0.29) is 25.8 Å². The number of hydrogen-bond acceptors (Lipinski definition) is 3. The van der Waals surface area contributed by atoms with Crippen molar-refractivity contribution in [1.29, 1.82) is 0 Å². The quantitative estimate of drug-likeness (QED) is 0.181. The SMILES string of the molecule is Cc1ccccc1C(=O)OC#C[Se]c1cc(OCc2ccc(Br)cc2)c2c(c1)C(C)(C)CCC2(C)C. The molecule has 0 spiro atoms. The first-order valence-electron chi connectivity index (χ1n) is 12.1. The predicted molar refractivity (Wildman–Crippen MR) is 150 cm³/mol. The van der Waals surface area contributed by atoms with Crippen LogP contribution in [0.25, 0.3) is 0 Å². The summed E-state index contributed by atoms with van der Waals surface area (Å²) in [6, 6.07) is 20.0. The molecule has 3 aromatic rings. The van der Waals surface area contributed by atoms with Crippen LogP contribution in [0.4, 0.5) is 0 Å². The minimum absolute atomic E-state index is 0.0280. The van der Waals surface area contributed by atoms with Crippen molar-refractivity contribution >= 4 is 41.3 Å². The van der Waals surface area contributed by atoms with Gasteiger partial charge in [0.2, 0.25) is 0 Å². The third-order valence-electron chi connectivity index (χ3n) is 6.88. The van der Waals surface area contributed by atoms with Crippen LogP contribution in [0.5, 0.6) is 5.75 Å². The number of halogens is 1. The standard InChI is InChI=1S/C31H31BrO3Se/c1-21-8-6-7-9-25(21)29(33)34-16-17-36-24-18-26-28(31(4,5)15-14-30(26,2)3)27(19-24)35-20-22-10-12-23(32)13-11-22/h6-13,18-19H,14-15,20H2,1-5H3. The van der Waals surface area contributed by atoms with Crippen molar-refractivity contribution in [2.24, 2.45) is 0 Å². The van der Waals surface area contributed by atoms with Crippen LogP contribution in [0.15, 0.2) is 65.1 Å². The summed E-state index contributed by atoms with van der Waals surface area (Å²) >= 11 is 3.31. The first-order chi connectivity index (χ1) is 17.1. The summed E-state index contributed by atoms with van der Waals surface area (Å²) in [6.07, 6.45) is 4.87. The van der Waals surface area contributed by atoms with E-state index in [2.05, 4.69) is 78.8 Å². The summed E-state index contributed by atoms with van der Waals surface area (Å²) in [7, 11) is 0. The van der Waals surface area contributed by atoms with Gasteiger partial charge in [-0.2, -0.15) is 0 Å². The van der Waals surface area contributed by atoms with Gasteiger partial charge in [-0.15, -0.1) is 0 Å². The third kappa shape index (κ3) is 6.06. The van der Waals surface area contributed by atoms with Gasteiger partial charge in [0.15, 0.2) is 0 Å². The van der Waals surface area contributed by atoms with Crippen LogP contribution < -0.4 is 9.20 Å². The van der Waals surface area contributed by atoms with Gasteiger partial charge in [-0.3, -0.25) is 0 Å². The fraction of sp³-hybridized carbons (Fsp3) is 0.323. The van der Waals surface area contributed by atoms with E-state index in [1.165, 1.54) is 11.1 Å².